The van der Waals surface area contributed by atoms with Crippen molar-refractivity contribution in [1.29, 1.82) is 0 Å². The maximum absolute atomic E-state index is 5.68. The molecule has 0 amide bonds. The minimum absolute atomic E-state index is 0.582. The van der Waals surface area contributed by atoms with Gasteiger partial charge in [-0.05, 0) is 39.3 Å². The summed E-state index contributed by atoms with van der Waals surface area (Å²) in [5.74, 6) is 0. The summed E-state index contributed by atoms with van der Waals surface area (Å²) in [5.41, 5.74) is 0. The van der Waals surface area contributed by atoms with E-state index in [0.29, 0.717) is 12.1 Å². The van der Waals surface area contributed by atoms with Gasteiger partial charge in [0.1, 0.15) is 0 Å². The number of methoxy groups -OCH3 is 1. The van der Waals surface area contributed by atoms with Crippen LogP contribution in [0.2, 0.25) is 0 Å². The highest BCUT2D eigenvalue weighted by molar-refractivity contribution is 4.84. The molecule has 1 heterocycles. The number of ether oxygens (including phenoxy) is 2. The monoisotopic (exact) mass is 272 g/mol. The predicted octanol–water partition coefficient (Wildman–Crippen LogP) is 1.89. The van der Waals surface area contributed by atoms with E-state index in [1.165, 1.54) is 25.8 Å². The van der Waals surface area contributed by atoms with Gasteiger partial charge in [0.05, 0.1) is 6.61 Å². The summed E-state index contributed by atoms with van der Waals surface area (Å²) in [4.78, 5) is 2.60. The molecule has 1 rings (SSSR count). The molecule has 0 aliphatic carbocycles. The van der Waals surface area contributed by atoms with Crippen LogP contribution in [0.4, 0.5) is 0 Å². The lowest BCUT2D eigenvalue weighted by Crippen LogP contribution is -2.51. The van der Waals surface area contributed by atoms with Crippen molar-refractivity contribution >= 4 is 0 Å². The fraction of sp³-hybridized carbons (Fsp3) is 1.00. The Bertz CT molecular complexity index is 214. The standard InChI is InChI=1S/C15H32N2O2/c1-4-16-14(2)15-8-5-6-9-17(15)10-13-19-12-7-11-18-3/h14-16H,4-13H2,1-3H3. The molecule has 4 heteroatoms. The number of nitrogens with one attached hydrogen (secondary N) is 1. The van der Waals surface area contributed by atoms with E-state index in [2.05, 4.69) is 24.1 Å². The molecule has 0 spiro atoms. The Morgan fingerprint density at radius 2 is 2.11 bits per heavy atom. The summed E-state index contributed by atoms with van der Waals surface area (Å²) in [6.45, 7) is 10.3. The van der Waals surface area contributed by atoms with Crippen LogP contribution in [0.3, 0.4) is 0 Å². The topological polar surface area (TPSA) is 33.7 Å². The van der Waals surface area contributed by atoms with Gasteiger partial charge in [0.2, 0.25) is 0 Å². The molecule has 2 atom stereocenters. The van der Waals surface area contributed by atoms with E-state index >= 15 is 0 Å². The summed E-state index contributed by atoms with van der Waals surface area (Å²) in [7, 11) is 1.74. The normalized spacial score (nSPS) is 22.6. The van der Waals surface area contributed by atoms with Gasteiger partial charge in [-0.3, -0.25) is 4.90 Å². The molecule has 19 heavy (non-hydrogen) atoms. The van der Waals surface area contributed by atoms with Crippen LogP contribution in [-0.4, -0.2) is 63.5 Å². The first kappa shape index (κ1) is 16.9. The van der Waals surface area contributed by atoms with Crippen LogP contribution in [0.25, 0.3) is 0 Å². The number of hydrogen-bond acceptors (Lipinski definition) is 4. The van der Waals surface area contributed by atoms with Crippen LogP contribution in [-0.2, 0) is 9.47 Å². The van der Waals surface area contributed by atoms with Crippen molar-refractivity contribution in [1.82, 2.24) is 10.2 Å². The summed E-state index contributed by atoms with van der Waals surface area (Å²) >= 11 is 0. The quantitative estimate of drug-likeness (QED) is 0.616. The van der Waals surface area contributed by atoms with E-state index in [0.717, 1.165) is 39.3 Å². The number of likely N-dealkylation sites (tertiary alicyclic amines) is 1. The Hall–Kier alpha value is -0.160. The van der Waals surface area contributed by atoms with Crippen molar-refractivity contribution in [3.8, 4) is 0 Å². The minimum Gasteiger partial charge on any atom is -0.385 e. The molecule has 0 aromatic heterocycles. The van der Waals surface area contributed by atoms with Crippen molar-refractivity contribution in [2.75, 3.05) is 46.6 Å². The zero-order valence-corrected chi connectivity index (χ0v) is 13.0. The van der Waals surface area contributed by atoms with Gasteiger partial charge in [0, 0.05) is 39.0 Å². The molecule has 2 unspecified atom stereocenters. The Balaban J connectivity index is 2.20. The second-order valence-electron chi connectivity index (χ2n) is 5.40. The molecule has 0 bridgehead atoms. The van der Waals surface area contributed by atoms with Crippen molar-refractivity contribution in [2.24, 2.45) is 0 Å². The van der Waals surface area contributed by atoms with Crippen molar-refractivity contribution in [2.45, 2.75) is 51.6 Å². The number of likely N-dealkylation sites (N-methyl/N-ethyl adjacent to an activating group) is 1. The fourth-order valence-electron chi connectivity index (χ4n) is 2.91. The molecule has 0 saturated carbocycles. The molecule has 1 saturated heterocycles. The van der Waals surface area contributed by atoms with Gasteiger partial charge in [-0.2, -0.15) is 0 Å². The second kappa shape index (κ2) is 10.6. The van der Waals surface area contributed by atoms with E-state index in [-0.39, 0.29) is 0 Å². The highest BCUT2D eigenvalue weighted by atomic mass is 16.5. The van der Waals surface area contributed by atoms with Crippen molar-refractivity contribution in [3.05, 3.63) is 0 Å². The lowest BCUT2D eigenvalue weighted by atomic mass is 9.96. The van der Waals surface area contributed by atoms with Gasteiger partial charge >= 0.3 is 0 Å². The Morgan fingerprint density at radius 1 is 1.26 bits per heavy atom. The molecule has 0 aromatic carbocycles. The maximum atomic E-state index is 5.68. The Morgan fingerprint density at radius 3 is 2.84 bits per heavy atom. The lowest BCUT2D eigenvalue weighted by molar-refractivity contribution is 0.0528. The van der Waals surface area contributed by atoms with Gasteiger partial charge in [0.15, 0.2) is 0 Å². The molecule has 1 N–H and O–H groups in total. The molecule has 1 fully saturated rings. The molecular weight excluding hydrogens is 240 g/mol. The Labute approximate surface area is 118 Å². The van der Waals surface area contributed by atoms with Gasteiger partial charge in [-0.1, -0.05) is 13.3 Å². The minimum atomic E-state index is 0.582. The first-order valence-corrected chi connectivity index (χ1v) is 7.83. The third kappa shape index (κ3) is 6.70. The number of nitrogens with zero attached hydrogens (tertiary/aromatic N) is 1. The van der Waals surface area contributed by atoms with Crippen LogP contribution in [0.5, 0.6) is 0 Å². The SMILES string of the molecule is CCNC(C)C1CCCCN1CCOCCCOC. The lowest BCUT2D eigenvalue weighted by Gasteiger charge is -2.39. The van der Waals surface area contributed by atoms with E-state index < -0.39 is 0 Å². The van der Waals surface area contributed by atoms with Gasteiger partial charge in [-0.25, -0.2) is 0 Å². The van der Waals surface area contributed by atoms with E-state index in [1.807, 2.05) is 0 Å². The number of piperidine rings is 1. The molecule has 4 nitrogen and oxygen atoms in total. The van der Waals surface area contributed by atoms with Crippen molar-refractivity contribution in [3.63, 3.8) is 0 Å². The summed E-state index contributed by atoms with van der Waals surface area (Å²) in [6.07, 6.45) is 5.01. The van der Waals surface area contributed by atoms with Crippen molar-refractivity contribution < 1.29 is 9.47 Å². The fourth-order valence-corrected chi connectivity index (χ4v) is 2.91. The van der Waals surface area contributed by atoms with Crippen LogP contribution in [0.15, 0.2) is 0 Å². The third-order valence-corrected chi connectivity index (χ3v) is 3.93. The van der Waals surface area contributed by atoms with E-state index in [1.54, 1.807) is 7.11 Å². The largest absolute Gasteiger partial charge is 0.385 e. The zero-order valence-electron chi connectivity index (χ0n) is 13.0. The molecule has 1 aliphatic heterocycles. The average molecular weight is 272 g/mol. The average Bonchev–Trinajstić information content (AvgIpc) is 2.43. The number of hydrogen-bond donors (Lipinski definition) is 1. The summed E-state index contributed by atoms with van der Waals surface area (Å²) in [6, 6.07) is 1.26. The second-order valence-corrected chi connectivity index (χ2v) is 5.40. The van der Waals surface area contributed by atoms with Gasteiger partial charge in [0.25, 0.3) is 0 Å². The van der Waals surface area contributed by atoms with Crippen LogP contribution in [0.1, 0.15) is 39.5 Å². The Kier molecular flexibility index (Phi) is 9.43. The molecule has 0 aromatic rings. The third-order valence-electron chi connectivity index (χ3n) is 3.93. The van der Waals surface area contributed by atoms with Crippen LogP contribution in [0, 0.1) is 0 Å². The van der Waals surface area contributed by atoms with Gasteiger partial charge < -0.3 is 14.8 Å². The number of rotatable bonds is 10. The van der Waals surface area contributed by atoms with Crippen LogP contribution >= 0.6 is 0 Å². The first-order chi connectivity index (χ1) is 9.29. The molecular formula is C15H32N2O2. The molecule has 1 aliphatic rings. The van der Waals surface area contributed by atoms with Gasteiger partial charge in [-0.15, -0.1) is 0 Å². The summed E-state index contributed by atoms with van der Waals surface area (Å²) < 4.78 is 10.7. The highest BCUT2D eigenvalue weighted by Gasteiger charge is 2.26. The summed E-state index contributed by atoms with van der Waals surface area (Å²) in [5, 5.41) is 3.56. The maximum Gasteiger partial charge on any atom is 0.0593 e. The van der Waals surface area contributed by atoms with Crippen LogP contribution < -0.4 is 5.32 Å². The van der Waals surface area contributed by atoms with E-state index in [9.17, 15) is 0 Å². The predicted molar refractivity (Wildman–Crippen MR) is 79.7 cm³/mol. The highest BCUT2D eigenvalue weighted by Crippen LogP contribution is 2.19. The molecule has 114 valence electrons. The van der Waals surface area contributed by atoms with E-state index in [4.69, 9.17) is 9.47 Å². The smallest absolute Gasteiger partial charge is 0.0593 e. The zero-order chi connectivity index (χ0) is 13.9. The molecule has 0 radical (unpaired) electrons. The first-order valence-electron chi connectivity index (χ1n) is 7.83.